The Morgan fingerprint density at radius 3 is 2.57 bits per heavy atom. The van der Waals surface area contributed by atoms with Crippen LogP contribution in [0.3, 0.4) is 0 Å². The smallest absolute Gasteiger partial charge is 0.145 e. The molecule has 21 heavy (non-hydrogen) atoms. The number of hydrogen-bond donors (Lipinski definition) is 1. The maximum Gasteiger partial charge on any atom is 0.145 e. The second-order valence-electron chi connectivity index (χ2n) is 5.26. The van der Waals surface area contributed by atoms with E-state index in [1.807, 2.05) is 60.7 Å². The third-order valence-corrected chi connectivity index (χ3v) is 3.50. The summed E-state index contributed by atoms with van der Waals surface area (Å²) >= 11 is 0. The van der Waals surface area contributed by atoms with Crippen molar-refractivity contribution in [3.63, 3.8) is 0 Å². The van der Waals surface area contributed by atoms with Gasteiger partial charge in [-0.15, -0.1) is 0 Å². The molecule has 0 saturated carbocycles. The van der Waals surface area contributed by atoms with E-state index in [1.54, 1.807) is 13.1 Å². The Morgan fingerprint density at radius 2 is 1.76 bits per heavy atom. The molecule has 0 radical (unpaired) electrons. The minimum Gasteiger partial charge on any atom is -0.488 e. The van der Waals surface area contributed by atoms with Crippen LogP contribution in [-0.2, 0) is 5.60 Å². The summed E-state index contributed by atoms with van der Waals surface area (Å²) in [5.74, 6) is 0.685. The Bertz CT molecular complexity index is 733. The van der Waals surface area contributed by atoms with E-state index in [1.165, 1.54) is 0 Å². The molecule has 0 aliphatic rings. The molecule has 2 aromatic carbocycles. The lowest BCUT2D eigenvalue weighted by Gasteiger charge is -2.24. The summed E-state index contributed by atoms with van der Waals surface area (Å²) in [5.41, 5.74) is 0.597. The molecule has 0 amide bonds. The van der Waals surface area contributed by atoms with Crippen molar-refractivity contribution in [2.24, 2.45) is 0 Å². The maximum absolute atomic E-state index is 10.6. The molecule has 0 aliphatic carbocycles. The lowest BCUT2D eigenvalue weighted by molar-refractivity contribution is 0.00805. The van der Waals surface area contributed by atoms with Gasteiger partial charge >= 0.3 is 0 Å². The zero-order valence-corrected chi connectivity index (χ0v) is 11.9. The summed E-state index contributed by atoms with van der Waals surface area (Å²) in [4.78, 5) is 4.35. The number of fused-ring (bicyclic) bond motifs is 1. The molecule has 1 atom stereocenters. The fraction of sp³-hybridized carbons (Fsp3) is 0.167. The van der Waals surface area contributed by atoms with E-state index in [0.29, 0.717) is 5.75 Å². The minimum atomic E-state index is -1.04. The van der Waals surface area contributed by atoms with Crippen LogP contribution in [0.2, 0.25) is 0 Å². The summed E-state index contributed by atoms with van der Waals surface area (Å²) in [5, 5.41) is 11.6. The molecule has 0 spiro atoms. The molecule has 0 bridgehead atoms. The van der Waals surface area contributed by atoms with Gasteiger partial charge in [-0.25, -0.2) is 0 Å². The molecule has 0 fully saturated rings. The van der Waals surface area contributed by atoms with Crippen molar-refractivity contribution in [3.05, 3.63) is 72.4 Å². The minimum absolute atomic E-state index is 0.173. The van der Waals surface area contributed by atoms with Crippen LogP contribution in [0.25, 0.3) is 10.9 Å². The number of hydrogen-bond acceptors (Lipinski definition) is 3. The number of aromatic nitrogens is 1. The normalized spacial score (nSPS) is 13.8. The van der Waals surface area contributed by atoms with Gasteiger partial charge in [0.1, 0.15) is 23.5 Å². The monoisotopic (exact) mass is 279 g/mol. The average Bonchev–Trinajstić information content (AvgIpc) is 2.54. The van der Waals surface area contributed by atoms with Gasteiger partial charge in [0.25, 0.3) is 0 Å². The Labute approximate surface area is 123 Å². The largest absolute Gasteiger partial charge is 0.488 e. The molecule has 106 valence electrons. The van der Waals surface area contributed by atoms with Crippen molar-refractivity contribution in [3.8, 4) is 5.75 Å². The third kappa shape index (κ3) is 2.88. The predicted octanol–water partition coefficient (Wildman–Crippen LogP) is 3.52. The number of pyridine rings is 1. The molecule has 1 N–H and O–H groups in total. The van der Waals surface area contributed by atoms with Crippen molar-refractivity contribution in [2.75, 3.05) is 6.61 Å². The first-order valence-corrected chi connectivity index (χ1v) is 6.91. The van der Waals surface area contributed by atoms with Crippen molar-refractivity contribution in [1.82, 2.24) is 4.98 Å². The number of aliphatic hydroxyl groups is 1. The molecule has 3 nitrogen and oxygen atoms in total. The molecule has 3 aromatic rings. The first-order valence-electron chi connectivity index (χ1n) is 6.91. The average molecular weight is 279 g/mol. The molecule has 0 saturated heterocycles. The van der Waals surface area contributed by atoms with Crippen molar-refractivity contribution in [1.29, 1.82) is 0 Å². The van der Waals surface area contributed by atoms with Crippen LogP contribution < -0.4 is 4.74 Å². The van der Waals surface area contributed by atoms with E-state index in [4.69, 9.17) is 4.74 Å². The third-order valence-electron chi connectivity index (χ3n) is 3.50. The zero-order chi connectivity index (χ0) is 14.7. The second kappa shape index (κ2) is 5.54. The van der Waals surface area contributed by atoms with Gasteiger partial charge in [0.05, 0.1) is 0 Å². The molecular weight excluding hydrogens is 262 g/mol. The highest BCUT2D eigenvalue weighted by Gasteiger charge is 2.24. The molecule has 3 heteroatoms. The van der Waals surface area contributed by atoms with Crippen molar-refractivity contribution >= 4 is 10.9 Å². The Morgan fingerprint density at radius 1 is 1.00 bits per heavy atom. The van der Waals surface area contributed by atoms with Crippen LogP contribution in [0.5, 0.6) is 5.75 Å². The number of ether oxygens (including phenoxy) is 1. The van der Waals surface area contributed by atoms with E-state index >= 15 is 0 Å². The molecule has 0 aliphatic heterocycles. The summed E-state index contributed by atoms with van der Waals surface area (Å²) in [7, 11) is 0. The SMILES string of the molecule is CC(O)(COc1cccc2cccnc12)c1ccccc1. The summed E-state index contributed by atoms with van der Waals surface area (Å²) in [6, 6.07) is 19.2. The highest BCUT2D eigenvalue weighted by Crippen LogP contribution is 2.26. The zero-order valence-electron chi connectivity index (χ0n) is 11.9. The van der Waals surface area contributed by atoms with Crippen LogP contribution in [0.4, 0.5) is 0 Å². The highest BCUT2D eigenvalue weighted by molar-refractivity contribution is 5.84. The van der Waals surface area contributed by atoms with Gasteiger partial charge < -0.3 is 9.84 Å². The molecule has 1 unspecified atom stereocenters. The van der Waals surface area contributed by atoms with Gasteiger partial charge in [-0.3, -0.25) is 4.98 Å². The second-order valence-corrected chi connectivity index (χ2v) is 5.26. The maximum atomic E-state index is 10.6. The van der Waals surface area contributed by atoms with Crippen LogP contribution in [0, 0.1) is 0 Å². The van der Waals surface area contributed by atoms with E-state index < -0.39 is 5.60 Å². The van der Waals surface area contributed by atoms with E-state index in [9.17, 15) is 5.11 Å². The quantitative estimate of drug-likeness (QED) is 0.794. The number of para-hydroxylation sites is 1. The molecular formula is C18H17NO2. The lowest BCUT2D eigenvalue weighted by atomic mass is 9.97. The van der Waals surface area contributed by atoms with Crippen LogP contribution >= 0.6 is 0 Å². The summed E-state index contributed by atoms with van der Waals surface area (Å²) in [6.07, 6.45) is 1.74. The number of rotatable bonds is 4. The topological polar surface area (TPSA) is 42.4 Å². The van der Waals surface area contributed by atoms with Gasteiger partial charge in [-0.1, -0.05) is 48.5 Å². The number of benzene rings is 2. The molecule has 3 rings (SSSR count). The molecule has 1 heterocycles. The number of nitrogens with zero attached hydrogens (tertiary/aromatic N) is 1. The van der Waals surface area contributed by atoms with Crippen LogP contribution in [0.1, 0.15) is 12.5 Å². The fourth-order valence-corrected chi connectivity index (χ4v) is 2.29. The van der Waals surface area contributed by atoms with Crippen LogP contribution in [0.15, 0.2) is 66.9 Å². The summed E-state index contributed by atoms with van der Waals surface area (Å²) in [6.45, 7) is 1.92. The van der Waals surface area contributed by atoms with E-state index in [0.717, 1.165) is 16.5 Å². The van der Waals surface area contributed by atoms with Crippen molar-refractivity contribution < 1.29 is 9.84 Å². The standard InChI is InChI=1S/C18H17NO2/c1-18(20,15-9-3-2-4-10-15)13-21-16-11-5-7-14-8-6-12-19-17(14)16/h2-12,20H,13H2,1H3. The van der Waals surface area contributed by atoms with E-state index in [-0.39, 0.29) is 6.61 Å². The van der Waals surface area contributed by atoms with Gasteiger partial charge in [-0.2, -0.15) is 0 Å². The highest BCUT2D eigenvalue weighted by atomic mass is 16.5. The van der Waals surface area contributed by atoms with Gasteiger partial charge in [0.15, 0.2) is 0 Å². The van der Waals surface area contributed by atoms with Gasteiger partial charge in [-0.05, 0) is 24.6 Å². The van der Waals surface area contributed by atoms with Gasteiger partial charge in [0.2, 0.25) is 0 Å². The van der Waals surface area contributed by atoms with Crippen LogP contribution in [-0.4, -0.2) is 16.7 Å². The lowest BCUT2D eigenvalue weighted by Crippen LogP contribution is -2.29. The summed E-state index contributed by atoms with van der Waals surface area (Å²) < 4.78 is 5.83. The van der Waals surface area contributed by atoms with Gasteiger partial charge in [0, 0.05) is 11.6 Å². The molecule has 1 aromatic heterocycles. The Hall–Kier alpha value is -2.39. The predicted molar refractivity (Wildman–Crippen MR) is 83.3 cm³/mol. The van der Waals surface area contributed by atoms with Crippen molar-refractivity contribution in [2.45, 2.75) is 12.5 Å². The van der Waals surface area contributed by atoms with E-state index in [2.05, 4.69) is 4.98 Å². The Balaban J connectivity index is 1.84. The first kappa shape index (κ1) is 13.6. The fourth-order valence-electron chi connectivity index (χ4n) is 2.29. The first-order chi connectivity index (χ1) is 10.2. The Kier molecular flexibility index (Phi) is 3.59.